The first-order valence-corrected chi connectivity index (χ1v) is 10.1. The molecule has 1 atom stereocenters. The van der Waals surface area contributed by atoms with E-state index in [1.165, 1.54) is 0 Å². The van der Waals surface area contributed by atoms with Gasteiger partial charge in [-0.1, -0.05) is 35.3 Å². The number of benzene rings is 2. The van der Waals surface area contributed by atoms with Crippen LogP contribution < -0.4 is 0 Å². The van der Waals surface area contributed by atoms with Gasteiger partial charge in [0.2, 0.25) is 0 Å². The number of nitrogens with zero attached hydrogens (tertiary/aromatic N) is 2. The largest absolute Gasteiger partial charge is 0.462 e. The van der Waals surface area contributed by atoms with Crippen molar-refractivity contribution in [3.63, 3.8) is 0 Å². The maximum Gasteiger partial charge on any atom is 0.369 e. The summed E-state index contributed by atoms with van der Waals surface area (Å²) < 4.78 is 14.0. The molecule has 0 saturated carbocycles. The molecule has 8 heteroatoms. The first-order valence-electron chi connectivity index (χ1n) is 9.33. The first-order chi connectivity index (χ1) is 14.5. The van der Waals surface area contributed by atoms with Gasteiger partial charge >= 0.3 is 11.9 Å². The number of carbonyl (C=O) groups excluding carboxylic acids is 2. The van der Waals surface area contributed by atoms with E-state index < -0.39 is 18.2 Å². The Morgan fingerprint density at radius 1 is 0.933 bits per heavy atom. The standard InChI is InChI=1S/C22H18Cl2N2O4/c1-2-29-22(28)21(26-10-8-15-4-6-17(24)12-19(15)26)30-20(27)13-25-9-7-14-3-5-16(23)11-18(14)25/h3-12,21H,2,13H2,1H3. The fourth-order valence-electron chi connectivity index (χ4n) is 3.35. The van der Waals surface area contributed by atoms with Gasteiger partial charge < -0.3 is 18.6 Å². The molecule has 0 spiro atoms. The van der Waals surface area contributed by atoms with Gasteiger partial charge in [0.15, 0.2) is 0 Å². The van der Waals surface area contributed by atoms with Gasteiger partial charge in [-0.25, -0.2) is 4.79 Å². The van der Waals surface area contributed by atoms with Crippen molar-refractivity contribution in [3.05, 3.63) is 71.0 Å². The van der Waals surface area contributed by atoms with E-state index >= 15 is 0 Å². The molecular formula is C22H18Cl2N2O4. The molecule has 0 saturated heterocycles. The molecule has 0 aliphatic heterocycles. The van der Waals surface area contributed by atoms with Crippen LogP contribution in [0.25, 0.3) is 21.8 Å². The minimum Gasteiger partial charge on any atom is -0.462 e. The van der Waals surface area contributed by atoms with E-state index in [0.29, 0.717) is 15.6 Å². The minimum atomic E-state index is -1.26. The molecule has 4 aromatic rings. The van der Waals surface area contributed by atoms with Crippen molar-refractivity contribution in [1.82, 2.24) is 9.13 Å². The molecule has 0 bridgehead atoms. The number of esters is 2. The van der Waals surface area contributed by atoms with Gasteiger partial charge in [0.25, 0.3) is 6.23 Å². The fourth-order valence-corrected chi connectivity index (χ4v) is 3.69. The number of carbonyl (C=O) groups is 2. The molecule has 1 unspecified atom stereocenters. The highest BCUT2D eigenvalue weighted by molar-refractivity contribution is 6.31. The fraction of sp³-hybridized carbons (Fsp3) is 0.182. The van der Waals surface area contributed by atoms with Crippen LogP contribution in [0.2, 0.25) is 10.0 Å². The number of hydrogen-bond acceptors (Lipinski definition) is 4. The molecule has 0 radical (unpaired) electrons. The lowest BCUT2D eigenvalue weighted by molar-refractivity contribution is -0.174. The average molecular weight is 445 g/mol. The monoisotopic (exact) mass is 444 g/mol. The Balaban J connectivity index is 1.63. The van der Waals surface area contributed by atoms with Gasteiger partial charge in [-0.15, -0.1) is 0 Å². The first kappa shape index (κ1) is 20.3. The topological polar surface area (TPSA) is 62.5 Å². The number of hydrogen-bond donors (Lipinski definition) is 0. The van der Waals surface area contributed by atoms with E-state index in [-0.39, 0.29) is 13.2 Å². The molecular weight excluding hydrogens is 427 g/mol. The molecule has 0 fully saturated rings. The summed E-state index contributed by atoms with van der Waals surface area (Å²) in [6.07, 6.45) is 2.17. The van der Waals surface area contributed by atoms with Crippen molar-refractivity contribution in [3.8, 4) is 0 Å². The van der Waals surface area contributed by atoms with Crippen LogP contribution in [-0.2, 0) is 25.6 Å². The van der Waals surface area contributed by atoms with Crippen LogP contribution in [0.5, 0.6) is 0 Å². The molecule has 154 valence electrons. The molecule has 2 aromatic carbocycles. The lowest BCUT2D eigenvalue weighted by Gasteiger charge is -2.19. The van der Waals surface area contributed by atoms with Crippen LogP contribution in [0, 0.1) is 0 Å². The van der Waals surface area contributed by atoms with E-state index in [4.69, 9.17) is 32.7 Å². The third kappa shape index (κ3) is 4.01. The van der Waals surface area contributed by atoms with Gasteiger partial charge in [-0.3, -0.25) is 4.79 Å². The third-order valence-electron chi connectivity index (χ3n) is 4.70. The highest BCUT2D eigenvalue weighted by Gasteiger charge is 2.27. The van der Waals surface area contributed by atoms with E-state index in [1.807, 2.05) is 24.3 Å². The Labute approximate surface area is 182 Å². The number of aromatic nitrogens is 2. The molecule has 30 heavy (non-hydrogen) atoms. The van der Waals surface area contributed by atoms with Gasteiger partial charge in [0, 0.05) is 22.4 Å². The van der Waals surface area contributed by atoms with E-state index in [1.54, 1.807) is 52.7 Å². The van der Waals surface area contributed by atoms with Crippen LogP contribution in [0.4, 0.5) is 0 Å². The van der Waals surface area contributed by atoms with Crippen LogP contribution in [0.15, 0.2) is 60.9 Å². The summed E-state index contributed by atoms with van der Waals surface area (Å²) in [5.74, 6) is -1.25. The van der Waals surface area contributed by atoms with Crippen molar-refractivity contribution in [1.29, 1.82) is 0 Å². The summed E-state index contributed by atoms with van der Waals surface area (Å²) in [7, 11) is 0. The van der Waals surface area contributed by atoms with Crippen molar-refractivity contribution in [2.24, 2.45) is 0 Å². The Bertz CT molecular complexity index is 1240. The number of rotatable bonds is 6. The molecule has 6 nitrogen and oxygen atoms in total. The highest BCUT2D eigenvalue weighted by Crippen LogP contribution is 2.26. The summed E-state index contributed by atoms with van der Waals surface area (Å²) in [5.41, 5.74) is 1.46. The van der Waals surface area contributed by atoms with Crippen LogP contribution in [-0.4, -0.2) is 27.7 Å². The van der Waals surface area contributed by atoms with E-state index in [0.717, 1.165) is 16.3 Å². The molecule has 2 heterocycles. The zero-order valence-corrected chi connectivity index (χ0v) is 17.6. The average Bonchev–Trinajstić information content (AvgIpc) is 3.30. The summed E-state index contributed by atoms with van der Waals surface area (Å²) in [5, 5.41) is 2.87. The number of fused-ring (bicyclic) bond motifs is 2. The highest BCUT2D eigenvalue weighted by atomic mass is 35.5. The van der Waals surface area contributed by atoms with E-state index in [2.05, 4.69) is 0 Å². The Morgan fingerprint density at radius 3 is 2.27 bits per heavy atom. The van der Waals surface area contributed by atoms with Crippen molar-refractivity contribution < 1.29 is 19.1 Å². The maximum atomic E-state index is 12.7. The molecule has 0 amide bonds. The molecule has 2 aromatic heterocycles. The second-order valence-electron chi connectivity index (χ2n) is 6.67. The zero-order valence-electron chi connectivity index (χ0n) is 16.0. The van der Waals surface area contributed by atoms with Gasteiger partial charge in [-0.2, -0.15) is 0 Å². The van der Waals surface area contributed by atoms with Crippen molar-refractivity contribution in [2.45, 2.75) is 19.7 Å². The SMILES string of the molecule is CCOC(=O)C(OC(=O)Cn1ccc2ccc(Cl)cc21)n1ccc2ccc(Cl)cc21. The molecule has 0 aliphatic carbocycles. The smallest absolute Gasteiger partial charge is 0.369 e. The number of halogens is 2. The third-order valence-corrected chi connectivity index (χ3v) is 5.17. The van der Waals surface area contributed by atoms with Crippen molar-refractivity contribution >= 4 is 56.9 Å². The van der Waals surface area contributed by atoms with Crippen LogP contribution >= 0.6 is 23.2 Å². The summed E-state index contributed by atoms with van der Waals surface area (Å²) >= 11 is 12.2. The molecule has 4 rings (SSSR count). The lowest BCUT2D eigenvalue weighted by Crippen LogP contribution is -2.28. The van der Waals surface area contributed by atoms with Crippen LogP contribution in [0.1, 0.15) is 13.2 Å². The lowest BCUT2D eigenvalue weighted by atomic mass is 10.2. The predicted octanol–water partition coefficient (Wildman–Crippen LogP) is 5.21. The normalized spacial score (nSPS) is 12.2. The van der Waals surface area contributed by atoms with Crippen LogP contribution in [0.3, 0.4) is 0 Å². The second kappa shape index (κ2) is 8.42. The summed E-state index contributed by atoms with van der Waals surface area (Å²) in [4.78, 5) is 25.3. The second-order valence-corrected chi connectivity index (χ2v) is 7.54. The Morgan fingerprint density at radius 2 is 1.57 bits per heavy atom. The maximum absolute atomic E-state index is 12.7. The molecule has 0 N–H and O–H groups in total. The van der Waals surface area contributed by atoms with Gasteiger partial charge in [-0.05, 0) is 54.1 Å². The minimum absolute atomic E-state index is 0.0836. The number of ether oxygens (including phenoxy) is 2. The zero-order chi connectivity index (χ0) is 21.3. The van der Waals surface area contributed by atoms with Gasteiger partial charge in [0.05, 0.1) is 17.6 Å². The molecule has 0 aliphatic rings. The predicted molar refractivity (Wildman–Crippen MR) is 116 cm³/mol. The Kier molecular flexibility index (Phi) is 5.70. The summed E-state index contributed by atoms with van der Waals surface area (Å²) in [6.45, 7) is 1.77. The quantitative estimate of drug-likeness (QED) is 0.383. The Hall–Kier alpha value is -2.96. The van der Waals surface area contributed by atoms with Crippen molar-refractivity contribution in [2.75, 3.05) is 6.61 Å². The van der Waals surface area contributed by atoms with Gasteiger partial charge in [0.1, 0.15) is 6.54 Å². The van der Waals surface area contributed by atoms with E-state index in [9.17, 15) is 9.59 Å². The summed E-state index contributed by atoms with van der Waals surface area (Å²) in [6, 6.07) is 14.4.